The highest BCUT2D eigenvalue weighted by molar-refractivity contribution is 7.11. The van der Waals surface area contributed by atoms with Gasteiger partial charge in [-0.25, -0.2) is 0 Å². The van der Waals surface area contributed by atoms with Gasteiger partial charge in [-0.3, -0.25) is 0 Å². The minimum atomic E-state index is 0.357. The van der Waals surface area contributed by atoms with Crippen LogP contribution in [0, 0.1) is 11.3 Å². The predicted molar refractivity (Wildman–Crippen MR) is 67.3 cm³/mol. The first kappa shape index (κ1) is 11.2. The molecule has 1 fully saturated rings. The number of rotatable bonds is 5. The van der Waals surface area contributed by atoms with Crippen LogP contribution >= 0.6 is 11.3 Å². The highest BCUT2D eigenvalue weighted by Gasteiger charge is 2.40. The average molecular weight is 223 g/mol. The van der Waals surface area contributed by atoms with Crippen molar-refractivity contribution in [3.05, 3.63) is 21.9 Å². The molecule has 0 spiro atoms. The van der Waals surface area contributed by atoms with Crippen molar-refractivity contribution < 1.29 is 0 Å². The van der Waals surface area contributed by atoms with Crippen LogP contribution in [0.5, 0.6) is 0 Å². The van der Waals surface area contributed by atoms with Crippen LogP contribution in [0.25, 0.3) is 0 Å². The second-order valence-electron chi connectivity index (χ2n) is 5.03. The fourth-order valence-electron chi connectivity index (χ4n) is 2.27. The van der Waals surface area contributed by atoms with Crippen LogP contribution in [0.3, 0.4) is 0 Å². The van der Waals surface area contributed by atoms with Gasteiger partial charge in [-0.05, 0) is 55.7 Å². The van der Waals surface area contributed by atoms with Gasteiger partial charge < -0.3 is 5.73 Å². The van der Waals surface area contributed by atoms with E-state index in [4.69, 9.17) is 5.73 Å². The molecule has 2 heteroatoms. The van der Waals surface area contributed by atoms with Crippen molar-refractivity contribution in [2.45, 2.75) is 39.5 Å². The number of hydrogen-bond acceptors (Lipinski definition) is 2. The third-order valence-electron chi connectivity index (χ3n) is 3.67. The van der Waals surface area contributed by atoms with E-state index in [-0.39, 0.29) is 0 Å². The molecule has 1 aromatic rings. The lowest BCUT2D eigenvalue weighted by atomic mass is 9.81. The molecule has 1 atom stereocenters. The van der Waals surface area contributed by atoms with E-state index in [1.165, 1.54) is 29.0 Å². The summed E-state index contributed by atoms with van der Waals surface area (Å²) in [6, 6.07) is 4.56. The standard InChI is InChI=1S/C13H21NS/c1-3-11-6-7-12(15-11)8-13(2,9-14)10-4-5-10/h6-7,10H,3-5,8-9,14H2,1-2H3. The summed E-state index contributed by atoms with van der Waals surface area (Å²) in [5.74, 6) is 0.884. The third-order valence-corrected chi connectivity index (χ3v) is 4.90. The molecule has 2 N–H and O–H groups in total. The SMILES string of the molecule is CCc1ccc(CC(C)(CN)C2CC2)s1. The van der Waals surface area contributed by atoms with Crippen LogP contribution < -0.4 is 5.73 Å². The van der Waals surface area contributed by atoms with Gasteiger partial charge in [-0.15, -0.1) is 11.3 Å². The topological polar surface area (TPSA) is 26.0 Å². The van der Waals surface area contributed by atoms with Crippen LogP contribution in [-0.2, 0) is 12.8 Å². The molecule has 0 bridgehead atoms. The van der Waals surface area contributed by atoms with Gasteiger partial charge in [0, 0.05) is 9.75 Å². The van der Waals surface area contributed by atoms with Gasteiger partial charge in [-0.1, -0.05) is 13.8 Å². The molecule has 1 aliphatic carbocycles. The smallest absolute Gasteiger partial charge is 0.00541 e. The van der Waals surface area contributed by atoms with Crippen molar-refractivity contribution in [1.82, 2.24) is 0 Å². The lowest BCUT2D eigenvalue weighted by Gasteiger charge is -2.27. The zero-order valence-electron chi connectivity index (χ0n) is 9.75. The highest BCUT2D eigenvalue weighted by atomic mass is 32.1. The number of hydrogen-bond donors (Lipinski definition) is 1. The molecule has 0 amide bonds. The molecule has 0 aliphatic heterocycles. The Morgan fingerprint density at radius 2 is 2.07 bits per heavy atom. The summed E-state index contributed by atoms with van der Waals surface area (Å²) in [6.07, 6.45) is 5.12. The third kappa shape index (κ3) is 2.43. The van der Waals surface area contributed by atoms with E-state index in [0.29, 0.717) is 5.41 Å². The van der Waals surface area contributed by atoms with Gasteiger partial charge in [0.1, 0.15) is 0 Å². The molecular weight excluding hydrogens is 202 g/mol. The molecule has 84 valence electrons. The molecule has 1 heterocycles. The van der Waals surface area contributed by atoms with Crippen LogP contribution in [0.1, 0.15) is 36.4 Å². The summed E-state index contributed by atoms with van der Waals surface area (Å²) >= 11 is 1.96. The van der Waals surface area contributed by atoms with Gasteiger partial charge in [0.15, 0.2) is 0 Å². The molecule has 1 saturated carbocycles. The van der Waals surface area contributed by atoms with E-state index in [1.54, 1.807) is 0 Å². The Balaban J connectivity index is 2.05. The Kier molecular flexibility index (Phi) is 3.17. The monoisotopic (exact) mass is 223 g/mol. The Bertz CT molecular complexity index is 327. The van der Waals surface area contributed by atoms with Gasteiger partial charge >= 0.3 is 0 Å². The van der Waals surface area contributed by atoms with Gasteiger partial charge in [0.2, 0.25) is 0 Å². The van der Waals surface area contributed by atoms with Gasteiger partial charge in [-0.2, -0.15) is 0 Å². The first-order valence-electron chi connectivity index (χ1n) is 5.95. The maximum Gasteiger partial charge on any atom is 0.00541 e. The zero-order chi connectivity index (χ0) is 10.9. The minimum Gasteiger partial charge on any atom is -0.330 e. The molecule has 2 rings (SSSR count). The van der Waals surface area contributed by atoms with Crippen LogP contribution in [0.2, 0.25) is 0 Å². The summed E-state index contributed by atoms with van der Waals surface area (Å²) in [5.41, 5.74) is 6.30. The fourth-order valence-corrected chi connectivity index (χ4v) is 3.42. The van der Waals surface area contributed by atoms with Crippen molar-refractivity contribution in [3.8, 4) is 0 Å². The second kappa shape index (κ2) is 4.26. The van der Waals surface area contributed by atoms with E-state index >= 15 is 0 Å². The Morgan fingerprint density at radius 3 is 2.53 bits per heavy atom. The summed E-state index contributed by atoms with van der Waals surface area (Å²) in [4.78, 5) is 3.02. The molecule has 1 aliphatic rings. The first-order valence-corrected chi connectivity index (χ1v) is 6.77. The number of nitrogens with two attached hydrogens (primary N) is 1. The van der Waals surface area contributed by atoms with Crippen molar-refractivity contribution in [2.75, 3.05) is 6.54 Å². The molecule has 0 saturated heterocycles. The van der Waals surface area contributed by atoms with E-state index in [9.17, 15) is 0 Å². The Morgan fingerprint density at radius 1 is 1.40 bits per heavy atom. The van der Waals surface area contributed by atoms with E-state index < -0.39 is 0 Å². The largest absolute Gasteiger partial charge is 0.330 e. The molecule has 1 unspecified atom stereocenters. The average Bonchev–Trinajstić information content (AvgIpc) is 3.01. The van der Waals surface area contributed by atoms with Crippen LogP contribution in [-0.4, -0.2) is 6.54 Å². The van der Waals surface area contributed by atoms with Crippen molar-refractivity contribution in [1.29, 1.82) is 0 Å². The number of aryl methyl sites for hydroxylation is 1. The van der Waals surface area contributed by atoms with E-state index in [2.05, 4.69) is 26.0 Å². The van der Waals surface area contributed by atoms with E-state index in [0.717, 1.165) is 18.9 Å². The molecule has 1 nitrogen and oxygen atoms in total. The molecule has 15 heavy (non-hydrogen) atoms. The summed E-state index contributed by atoms with van der Waals surface area (Å²) in [7, 11) is 0. The Labute approximate surface area is 96.7 Å². The molecule has 0 aromatic carbocycles. The quantitative estimate of drug-likeness (QED) is 0.815. The van der Waals surface area contributed by atoms with Gasteiger partial charge in [0.05, 0.1) is 0 Å². The van der Waals surface area contributed by atoms with Crippen molar-refractivity contribution in [2.24, 2.45) is 17.1 Å². The Hall–Kier alpha value is -0.340. The van der Waals surface area contributed by atoms with Crippen LogP contribution in [0.4, 0.5) is 0 Å². The molecular formula is C13H21NS. The maximum atomic E-state index is 5.94. The minimum absolute atomic E-state index is 0.357. The number of thiophene rings is 1. The summed E-state index contributed by atoms with van der Waals surface area (Å²) < 4.78 is 0. The normalized spacial score (nSPS) is 20.2. The summed E-state index contributed by atoms with van der Waals surface area (Å²) in [5, 5.41) is 0. The van der Waals surface area contributed by atoms with E-state index in [1.807, 2.05) is 11.3 Å². The lowest BCUT2D eigenvalue weighted by Crippen LogP contribution is -2.31. The highest BCUT2D eigenvalue weighted by Crippen LogP contribution is 2.47. The molecule has 0 radical (unpaired) electrons. The summed E-state index contributed by atoms with van der Waals surface area (Å²) in [6.45, 7) is 5.41. The van der Waals surface area contributed by atoms with Crippen molar-refractivity contribution >= 4 is 11.3 Å². The first-order chi connectivity index (χ1) is 7.18. The second-order valence-corrected chi connectivity index (χ2v) is 6.28. The van der Waals surface area contributed by atoms with Crippen LogP contribution in [0.15, 0.2) is 12.1 Å². The maximum absolute atomic E-state index is 5.94. The molecule has 1 aromatic heterocycles. The van der Waals surface area contributed by atoms with Gasteiger partial charge in [0.25, 0.3) is 0 Å². The predicted octanol–water partition coefficient (Wildman–Crippen LogP) is 3.23. The fraction of sp³-hybridized carbons (Fsp3) is 0.692. The zero-order valence-corrected chi connectivity index (χ0v) is 10.6. The lowest BCUT2D eigenvalue weighted by molar-refractivity contribution is 0.284. The van der Waals surface area contributed by atoms with Crippen molar-refractivity contribution in [3.63, 3.8) is 0 Å².